The minimum absolute atomic E-state index is 0.0586. The predicted octanol–water partition coefficient (Wildman–Crippen LogP) is 5.05. The monoisotopic (exact) mass is 595 g/mol. The first-order valence-corrected chi connectivity index (χ1v) is 12.7. The Morgan fingerprint density at radius 3 is 2.28 bits per heavy atom. The number of benzene rings is 2. The molecule has 3 N–H and O–H groups in total. The van der Waals surface area contributed by atoms with Crippen molar-refractivity contribution in [2.24, 2.45) is 0 Å². The number of hydrogen-bond donors (Lipinski definition) is 3. The van der Waals surface area contributed by atoms with E-state index in [1.165, 1.54) is 6.92 Å². The molecule has 9 nitrogen and oxygen atoms in total. The summed E-state index contributed by atoms with van der Waals surface area (Å²) in [5.41, 5.74) is -3.39. The van der Waals surface area contributed by atoms with Gasteiger partial charge in [-0.1, -0.05) is 11.6 Å². The quantitative estimate of drug-likeness (QED) is 0.161. The highest BCUT2D eigenvalue weighted by atomic mass is 35.5. The summed E-state index contributed by atoms with van der Waals surface area (Å²) in [6.07, 6.45) is 1.72. The van der Waals surface area contributed by atoms with Gasteiger partial charge in [0.25, 0.3) is 10.0 Å². The number of carbonyl (C=O) groups excluding carboxylic acids is 2. The maximum atomic E-state index is 13.6. The van der Waals surface area contributed by atoms with Crippen LogP contribution in [0.3, 0.4) is 0 Å². The molecular formula is C24H26ClF4N3O6S. The van der Waals surface area contributed by atoms with Crippen LogP contribution in [-0.4, -0.2) is 50.4 Å². The second kappa shape index (κ2) is 13.4. The number of nitrogens with one attached hydrogen (secondary N) is 2. The van der Waals surface area contributed by atoms with Crippen molar-refractivity contribution < 1.29 is 45.4 Å². The molecule has 0 atom stereocenters. The number of aromatic hydroxyl groups is 1. The van der Waals surface area contributed by atoms with Gasteiger partial charge in [-0.15, -0.1) is 12.8 Å². The van der Waals surface area contributed by atoms with E-state index < -0.39 is 49.4 Å². The van der Waals surface area contributed by atoms with E-state index in [0.29, 0.717) is 13.8 Å². The van der Waals surface area contributed by atoms with Crippen LogP contribution in [-0.2, 0) is 19.6 Å². The minimum Gasteiger partial charge on any atom is -0.506 e. The Morgan fingerprint density at radius 2 is 1.74 bits per heavy atom. The molecule has 0 aliphatic rings. The molecule has 2 aromatic carbocycles. The van der Waals surface area contributed by atoms with E-state index >= 15 is 0 Å². The molecule has 0 bridgehead atoms. The van der Waals surface area contributed by atoms with Gasteiger partial charge in [-0.3, -0.25) is 14.4 Å². The van der Waals surface area contributed by atoms with E-state index in [0.717, 1.165) is 40.7 Å². The third kappa shape index (κ3) is 8.93. The molecule has 0 spiro atoms. The topological polar surface area (TPSA) is 125 Å². The minimum atomic E-state index is -4.86. The fraction of sp³-hybridized carbons (Fsp3) is 0.333. The fourth-order valence-corrected chi connectivity index (χ4v) is 4.64. The summed E-state index contributed by atoms with van der Waals surface area (Å²) < 4.78 is 84.7. The summed E-state index contributed by atoms with van der Waals surface area (Å²) in [6, 6.07) is 5.76. The zero-order valence-electron chi connectivity index (χ0n) is 21.0. The van der Waals surface area contributed by atoms with Crippen LogP contribution in [0.1, 0.15) is 27.2 Å². The van der Waals surface area contributed by atoms with Crippen LogP contribution >= 0.6 is 11.6 Å². The lowest BCUT2D eigenvalue weighted by molar-refractivity contribution is -0.242. The lowest BCUT2D eigenvalue weighted by Crippen LogP contribution is -2.44. The van der Waals surface area contributed by atoms with E-state index in [9.17, 15) is 40.7 Å². The second-order valence-corrected chi connectivity index (χ2v) is 10.5. The second-order valence-electron chi connectivity index (χ2n) is 8.22. The smallest absolute Gasteiger partial charge is 0.427 e. The molecule has 0 saturated heterocycles. The molecule has 0 unspecified atom stereocenters. The number of rotatable bonds is 9. The number of nitrogens with zero attached hydrogens (tertiary/aromatic N) is 1. The lowest BCUT2D eigenvalue weighted by Gasteiger charge is -2.28. The van der Waals surface area contributed by atoms with Crippen molar-refractivity contribution in [2.45, 2.75) is 43.9 Å². The highest BCUT2D eigenvalue weighted by molar-refractivity contribution is 7.92. The van der Waals surface area contributed by atoms with E-state index in [1.807, 2.05) is 0 Å². The van der Waals surface area contributed by atoms with Crippen LogP contribution in [0.2, 0.25) is 5.02 Å². The SMILES string of the molecule is C#C.CC(=O)NCCCN(c1cc(NC(=O)OC(C)(C)C(F)(F)F)ccc1O)S(=O)(=O)c1ccc(F)c(Cl)c1. The van der Waals surface area contributed by atoms with Gasteiger partial charge >= 0.3 is 12.3 Å². The van der Waals surface area contributed by atoms with Crippen molar-refractivity contribution in [3.8, 4) is 18.6 Å². The van der Waals surface area contributed by atoms with Gasteiger partial charge in [-0.25, -0.2) is 17.6 Å². The number of anilines is 2. The summed E-state index contributed by atoms with van der Waals surface area (Å²) >= 11 is 5.73. The third-order valence-corrected chi connectivity index (χ3v) is 7.01. The number of amides is 2. The van der Waals surface area contributed by atoms with E-state index in [4.69, 9.17) is 11.6 Å². The molecule has 0 aliphatic carbocycles. The average molecular weight is 596 g/mol. The molecule has 2 amide bonds. The zero-order valence-corrected chi connectivity index (χ0v) is 22.5. The number of hydrogen-bond acceptors (Lipinski definition) is 6. The zero-order chi connectivity index (χ0) is 30.2. The largest absolute Gasteiger partial charge is 0.506 e. The number of ether oxygens (including phenoxy) is 1. The molecule has 0 aromatic heterocycles. The van der Waals surface area contributed by atoms with Crippen LogP contribution < -0.4 is 14.9 Å². The Balaban J connectivity index is 0.00000371. The maximum Gasteiger partial charge on any atom is 0.427 e. The van der Waals surface area contributed by atoms with Gasteiger partial charge in [0.15, 0.2) is 0 Å². The van der Waals surface area contributed by atoms with E-state index in [1.54, 1.807) is 0 Å². The van der Waals surface area contributed by atoms with Gasteiger partial charge < -0.3 is 15.2 Å². The normalized spacial score (nSPS) is 11.5. The van der Waals surface area contributed by atoms with Crippen molar-refractivity contribution in [1.29, 1.82) is 0 Å². The lowest BCUT2D eigenvalue weighted by atomic mass is 10.1. The Morgan fingerprint density at radius 1 is 1.13 bits per heavy atom. The molecule has 39 heavy (non-hydrogen) atoms. The number of sulfonamides is 1. The summed E-state index contributed by atoms with van der Waals surface area (Å²) in [7, 11) is -4.49. The van der Waals surface area contributed by atoms with Crippen LogP contribution in [0.4, 0.5) is 33.7 Å². The summed E-state index contributed by atoms with van der Waals surface area (Å²) in [5.74, 6) is -1.80. The molecule has 214 valence electrons. The molecule has 0 saturated carbocycles. The number of terminal acetylenes is 1. The molecule has 15 heteroatoms. The van der Waals surface area contributed by atoms with Gasteiger partial charge in [0.1, 0.15) is 11.6 Å². The average Bonchev–Trinajstić information content (AvgIpc) is 2.82. The number of phenolic OH excluding ortho intramolecular Hbond substituents is 1. The molecule has 0 radical (unpaired) electrons. The van der Waals surface area contributed by atoms with Crippen LogP contribution in [0, 0.1) is 18.7 Å². The first kappa shape index (κ1) is 33.3. The van der Waals surface area contributed by atoms with Crippen molar-refractivity contribution in [2.75, 3.05) is 22.7 Å². The number of phenols is 1. The molecule has 0 heterocycles. The maximum absolute atomic E-state index is 13.6. The highest BCUT2D eigenvalue weighted by Gasteiger charge is 2.51. The van der Waals surface area contributed by atoms with Gasteiger partial charge in [-0.2, -0.15) is 13.2 Å². The van der Waals surface area contributed by atoms with Gasteiger partial charge in [0, 0.05) is 25.7 Å². The summed E-state index contributed by atoms with van der Waals surface area (Å²) in [6.45, 7) is 2.30. The Labute approximate surface area is 228 Å². The van der Waals surface area contributed by atoms with Gasteiger partial charge in [0.05, 0.1) is 15.6 Å². The summed E-state index contributed by atoms with van der Waals surface area (Å²) in [5, 5.41) is 14.5. The Hall–Kier alpha value is -3.70. The molecule has 2 aromatic rings. The van der Waals surface area contributed by atoms with E-state index in [2.05, 4.69) is 28.2 Å². The van der Waals surface area contributed by atoms with Crippen LogP contribution in [0.15, 0.2) is 41.3 Å². The first-order valence-electron chi connectivity index (χ1n) is 10.9. The number of carbonyl (C=O) groups is 2. The molecule has 2 rings (SSSR count). The third-order valence-electron chi connectivity index (χ3n) is 4.91. The van der Waals surface area contributed by atoms with Gasteiger partial charge in [0.2, 0.25) is 11.5 Å². The van der Waals surface area contributed by atoms with Gasteiger partial charge in [-0.05, 0) is 56.7 Å². The van der Waals surface area contributed by atoms with Crippen LogP contribution in [0.25, 0.3) is 0 Å². The molecule has 0 aliphatic heterocycles. The fourth-order valence-electron chi connectivity index (χ4n) is 2.86. The first-order chi connectivity index (χ1) is 18.0. The predicted molar refractivity (Wildman–Crippen MR) is 137 cm³/mol. The number of halogens is 5. The highest BCUT2D eigenvalue weighted by Crippen LogP contribution is 2.36. The van der Waals surface area contributed by atoms with Crippen molar-refractivity contribution in [3.05, 3.63) is 47.2 Å². The Kier molecular flexibility index (Phi) is 11.4. The molecule has 0 fully saturated rings. The van der Waals surface area contributed by atoms with Crippen molar-refractivity contribution >= 4 is 45.0 Å². The van der Waals surface area contributed by atoms with E-state index in [-0.39, 0.29) is 36.8 Å². The van der Waals surface area contributed by atoms with Crippen molar-refractivity contribution in [1.82, 2.24) is 5.32 Å². The number of alkyl halides is 3. The molecular weight excluding hydrogens is 570 g/mol. The summed E-state index contributed by atoms with van der Waals surface area (Å²) in [4.78, 5) is 22.8. The van der Waals surface area contributed by atoms with Crippen LogP contribution in [0.5, 0.6) is 5.75 Å². The van der Waals surface area contributed by atoms with Crippen molar-refractivity contribution in [3.63, 3.8) is 0 Å². The standard InChI is InChI=1S/C22H24ClF4N3O6S.C2H2/c1-13(31)28-9-4-10-30(37(34,35)15-6-7-17(24)16(23)12-15)18-11-14(5-8-19(18)32)29-20(33)36-21(2,3)22(25,26)27;1-2/h5-8,11-12,32H,4,9-10H2,1-3H3,(H,28,31)(H,29,33);1-2H. The Bertz CT molecular complexity index is 1320.